The molecule has 4 heteroatoms. The van der Waals surface area contributed by atoms with Crippen molar-refractivity contribution in [2.45, 2.75) is 32.8 Å². The van der Waals surface area contributed by atoms with E-state index in [1.807, 2.05) is 19.1 Å². The van der Waals surface area contributed by atoms with Gasteiger partial charge in [0.1, 0.15) is 6.10 Å². The highest BCUT2D eigenvalue weighted by Crippen LogP contribution is 2.20. The number of methoxy groups -OCH3 is 2. The first kappa shape index (κ1) is 16.7. The first-order chi connectivity index (χ1) is 9.49. The van der Waals surface area contributed by atoms with Crippen LogP contribution in [-0.4, -0.2) is 39.5 Å². The van der Waals surface area contributed by atoms with E-state index in [4.69, 9.17) is 14.2 Å². The Kier molecular flexibility index (Phi) is 6.68. The Hall–Kier alpha value is -1.39. The molecule has 112 valence electrons. The molecule has 1 aromatic rings. The van der Waals surface area contributed by atoms with Gasteiger partial charge in [0, 0.05) is 14.2 Å². The maximum absolute atomic E-state index is 12.1. The maximum Gasteiger partial charge on any atom is 0.338 e. The van der Waals surface area contributed by atoms with Gasteiger partial charge >= 0.3 is 5.97 Å². The van der Waals surface area contributed by atoms with Gasteiger partial charge < -0.3 is 14.2 Å². The smallest absolute Gasteiger partial charge is 0.338 e. The lowest BCUT2D eigenvalue weighted by Gasteiger charge is -2.17. The molecule has 0 saturated heterocycles. The van der Waals surface area contributed by atoms with E-state index in [0.717, 1.165) is 5.56 Å². The van der Waals surface area contributed by atoms with Crippen LogP contribution in [0, 0.1) is 6.92 Å². The average Bonchev–Trinajstić information content (AvgIpc) is 2.38. The average molecular weight is 280 g/mol. The summed E-state index contributed by atoms with van der Waals surface area (Å²) in [4.78, 5) is 12.1. The highest BCUT2D eigenvalue weighted by atomic mass is 16.6. The molecular formula is C16H24O4. The minimum atomic E-state index is -0.386. The fraction of sp³-hybridized carbons (Fsp3) is 0.562. The molecule has 0 aromatic heterocycles. The Morgan fingerprint density at radius 2 is 1.75 bits per heavy atom. The number of carbonyl (C=O) groups is 1. The Balaban J connectivity index is 2.78. The van der Waals surface area contributed by atoms with Crippen molar-refractivity contribution < 1.29 is 19.0 Å². The molecule has 1 rings (SSSR count). The van der Waals surface area contributed by atoms with E-state index >= 15 is 0 Å². The number of hydrogen-bond acceptors (Lipinski definition) is 4. The normalized spacial score (nSPS) is 11.2. The Morgan fingerprint density at radius 3 is 2.20 bits per heavy atom. The molecule has 0 aliphatic heterocycles. The summed E-state index contributed by atoms with van der Waals surface area (Å²) in [6, 6.07) is 5.66. The van der Waals surface area contributed by atoms with E-state index in [1.54, 1.807) is 20.3 Å². The molecule has 20 heavy (non-hydrogen) atoms. The van der Waals surface area contributed by atoms with Crippen LogP contribution in [-0.2, 0) is 14.2 Å². The molecule has 0 saturated carbocycles. The third-order valence-electron chi connectivity index (χ3n) is 3.11. The van der Waals surface area contributed by atoms with Crippen LogP contribution in [0.5, 0.6) is 0 Å². The predicted molar refractivity (Wildman–Crippen MR) is 78.2 cm³/mol. The molecule has 0 spiro atoms. The quantitative estimate of drug-likeness (QED) is 0.720. The molecular weight excluding hydrogens is 256 g/mol. The summed E-state index contributed by atoms with van der Waals surface area (Å²) in [7, 11) is 3.14. The number of ether oxygens (including phenoxy) is 3. The van der Waals surface area contributed by atoms with Gasteiger partial charge in [-0.2, -0.15) is 0 Å². The third-order valence-corrected chi connectivity index (χ3v) is 3.11. The Labute approximate surface area is 121 Å². The number of benzene rings is 1. The lowest BCUT2D eigenvalue weighted by molar-refractivity contribution is -0.0223. The van der Waals surface area contributed by atoms with Gasteiger partial charge in [0.2, 0.25) is 0 Å². The summed E-state index contributed by atoms with van der Waals surface area (Å²) < 4.78 is 15.4. The van der Waals surface area contributed by atoms with Gasteiger partial charge in [-0.1, -0.05) is 19.9 Å². The lowest BCUT2D eigenvalue weighted by Crippen LogP contribution is -2.27. The monoisotopic (exact) mass is 280 g/mol. The fourth-order valence-corrected chi connectivity index (χ4v) is 2.16. The third kappa shape index (κ3) is 4.62. The van der Waals surface area contributed by atoms with Crippen molar-refractivity contribution in [3.8, 4) is 0 Å². The minimum Gasteiger partial charge on any atom is -0.454 e. The second-order valence-electron chi connectivity index (χ2n) is 5.16. The molecule has 0 radical (unpaired) electrons. The van der Waals surface area contributed by atoms with Gasteiger partial charge in [-0.15, -0.1) is 0 Å². The Morgan fingerprint density at radius 1 is 1.15 bits per heavy atom. The minimum absolute atomic E-state index is 0.322. The summed E-state index contributed by atoms with van der Waals surface area (Å²) >= 11 is 0. The summed E-state index contributed by atoms with van der Waals surface area (Å²) in [6.45, 7) is 6.92. The van der Waals surface area contributed by atoms with E-state index in [9.17, 15) is 4.79 Å². The van der Waals surface area contributed by atoms with E-state index < -0.39 is 0 Å². The first-order valence-corrected chi connectivity index (χ1v) is 6.79. The Bertz CT molecular complexity index is 434. The first-order valence-electron chi connectivity index (χ1n) is 6.79. The van der Waals surface area contributed by atoms with Gasteiger partial charge in [-0.3, -0.25) is 0 Å². The zero-order valence-electron chi connectivity index (χ0n) is 12.9. The zero-order chi connectivity index (χ0) is 15.1. The molecule has 4 nitrogen and oxygen atoms in total. The van der Waals surface area contributed by atoms with Gasteiger partial charge in [0.25, 0.3) is 0 Å². The molecule has 0 unspecified atom stereocenters. The van der Waals surface area contributed by atoms with Gasteiger partial charge in [0.15, 0.2) is 0 Å². The van der Waals surface area contributed by atoms with Crippen molar-refractivity contribution in [2.75, 3.05) is 27.4 Å². The van der Waals surface area contributed by atoms with Crippen molar-refractivity contribution in [1.82, 2.24) is 0 Å². The maximum atomic E-state index is 12.1. The lowest BCUT2D eigenvalue weighted by atomic mass is 9.96. The predicted octanol–water partition coefficient (Wildman–Crippen LogP) is 2.94. The number of carbonyl (C=O) groups excluding carboxylic acids is 1. The topological polar surface area (TPSA) is 44.8 Å². The van der Waals surface area contributed by atoms with Crippen molar-refractivity contribution in [3.05, 3.63) is 34.9 Å². The van der Waals surface area contributed by atoms with Gasteiger partial charge in [0.05, 0.1) is 18.8 Å². The number of hydrogen-bond donors (Lipinski definition) is 0. The highest BCUT2D eigenvalue weighted by Gasteiger charge is 2.17. The largest absolute Gasteiger partial charge is 0.454 e. The summed E-state index contributed by atoms with van der Waals surface area (Å²) in [5, 5.41) is 0. The van der Waals surface area contributed by atoms with E-state index in [2.05, 4.69) is 13.8 Å². The van der Waals surface area contributed by atoms with Crippen molar-refractivity contribution in [3.63, 3.8) is 0 Å². The van der Waals surface area contributed by atoms with Crippen LogP contribution in [0.4, 0.5) is 0 Å². The van der Waals surface area contributed by atoms with Crippen LogP contribution in [0.1, 0.15) is 41.3 Å². The number of rotatable bonds is 7. The molecule has 0 fully saturated rings. The SMILES string of the molecule is COCC(COC)OC(=O)c1ccc(C(C)C)c(C)c1. The molecule has 1 aromatic carbocycles. The zero-order valence-corrected chi connectivity index (χ0v) is 12.9. The van der Waals surface area contributed by atoms with Crippen LogP contribution in [0.3, 0.4) is 0 Å². The number of esters is 1. The van der Waals surface area contributed by atoms with Crippen LogP contribution in [0.15, 0.2) is 18.2 Å². The summed E-state index contributed by atoms with van der Waals surface area (Å²) in [6.07, 6.45) is -0.386. The molecule has 0 bridgehead atoms. The molecule has 0 heterocycles. The fourth-order valence-electron chi connectivity index (χ4n) is 2.16. The second kappa shape index (κ2) is 8.02. The molecule has 0 N–H and O–H groups in total. The van der Waals surface area contributed by atoms with E-state index in [-0.39, 0.29) is 12.1 Å². The van der Waals surface area contributed by atoms with Crippen LogP contribution >= 0.6 is 0 Å². The summed E-state index contributed by atoms with van der Waals surface area (Å²) in [5.74, 6) is 0.0947. The van der Waals surface area contributed by atoms with E-state index in [0.29, 0.717) is 24.7 Å². The van der Waals surface area contributed by atoms with Crippen molar-refractivity contribution in [2.24, 2.45) is 0 Å². The van der Waals surface area contributed by atoms with Crippen molar-refractivity contribution in [1.29, 1.82) is 0 Å². The van der Waals surface area contributed by atoms with Gasteiger partial charge in [-0.25, -0.2) is 4.79 Å². The van der Waals surface area contributed by atoms with E-state index in [1.165, 1.54) is 5.56 Å². The van der Waals surface area contributed by atoms with Crippen molar-refractivity contribution >= 4 is 5.97 Å². The van der Waals surface area contributed by atoms with Crippen LogP contribution in [0.25, 0.3) is 0 Å². The molecule has 0 aliphatic carbocycles. The van der Waals surface area contributed by atoms with Gasteiger partial charge in [-0.05, 0) is 36.1 Å². The molecule has 0 atom stereocenters. The second-order valence-corrected chi connectivity index (χ2v) is 5.16. The number of aryl methyl sites for hydroxylation is 1. The van der Waals surface area contributed by atoms with Crippen LogP contribution < -0.4 is 0 Å². The highest BCUT2D eigenvalue weighted by molar-refractivity contribution is 5.89. The molecule has 0 amide bonds. The standard InChI is InChI=1S/C16H24O4/c1-11(2)15-7-6-13(8-12(15)3)16(17)20-14(9-18-4)10-19-5/h6-8,11,14H,9-10H2,1-5H3. The van der Waals surface area contributed by atoms with Crippen LogP contribution in [0.2, 0.25) is 0 Å². The molecule has 0 aliphatic rings. The summed E-state index contributed by atoms with van der Waals surface area (Å²) in [5.41, 5.74) is 2.90.